The fraction of sp³-hybridized carbons (Fsp3) is 0.500. The molecule has 0 aliphatic carbocycles. The van der Waals surface area contributed by atoms with Gasteiger partial charge in [-0.2, -0.15) is 0 Å². The molecule has 0 bridgehead atoms. The van der Waals surface area contributed by atoms with Crippen LogP contribution in [0.1, 0.15) is 31.7 Å². The predicted molar refractivity (Wildman–Crippen MR) is 75.4 cm³/mol. The molecule has 0 radical (unpaired) electrons. The lowest BCUT2D eigenvalue weighted by Crippen LogP contribution is -2.35. The van der Waals surface area contributed by atoms with E-state index in [-0.39, 0.29) is 6.04 Å². The SMILES string of the molecule is CCCNC(Cc1cccc(F)c1F)C1=CCCCO1. The van der Waals surface area contributed by atoms with Gasteiger partial charge in [-0.3, -0.25) is 0 Å². The summed E-state index contributed by atoms with van der Waals surface area (Å²) in [6, 6.07) is 4.22. The van der Waals surface area contributed by atoms with Gasteiger partial charge in [0, 0.05) is 0 Å². The third-order valence-electron chi connectivity index (χ3n) is 3.40. The summed E-state index contributed by atoms with van der Waals surface area (Å²) in [7, 11) is 0. The highest BCUT2D eigenvalue weighted by atomic mass is 19.2. The van der Waals surface area contributed by atoms with Crippen molar-refractivity contribution in [1.82, 2.24) is 5.32 Å². The lowest BCUT2D eigenvalue weighted by Gasteiger charge is -2.25. The van der Waals surface area contributed by atoms with Crippen LogP contribution in [0.2, 0.25) is 0 Å². The topological polar surface area (TPSA) is 21.3 Å². The fourth-order valence-electron chi connectivity index (χ4n) is 2.34. The van der Waals surface area contributed by atoms with Gasteiger partial charge in [-0.25, -0.2) is 8.78 Å². The van der Waals surface area contributed by atoms with Gasteiger partial charge in [0.1, 0.15) is 5.76 Å². The Labute approximate surface area is 118 Å². The fourth-order valence-corrected chi connectivity index (χ4v) is 2.34. The lowest BCUT2D eigenvalue weighted by atomic mass is 10.0. The van der Waals surface area contributed by atoms with Gasteiger partial charge in [0.15, 0.2) is 11.6 Å². The average Bonchev–Trinajstić information content (AvgIpc) is 2.48. The van der Waals surface area contributed by atoms with E-state index in [1.807, 2.05) is 6.08 Å². The Balaban J connectivity index is 2.14. The molecule has 0 amide bonds. The molecule has 4 heteroatoms. The average molecular weight is 281 g/mol. The predicted octanol–water partition coefficient (Wildman–Crippen LogP) is 3.57. The van der Waals surface area contributed by atoms with Crippen LogP contribution in [0.5, 0.6) is 0 Å². The first-order chi connectivity index (χ1) is 9.72. The molecule has 1 aliphatic rings. The van der Waals surface area contributed by atoms with Gasteiger partial charge in [-0.15, -0.1) is 0 Å². The van der Waals surface area contributed by atoms with E-state index in [1.165, 1.54) is 0 Å². The van der Waals surface area contributed by atoms with Crippen LogP contribution in [-0.4, -0.2) is 19.2 Å². The van der Waals surface area contributed by atoms with Crippen LogP contribution in [0.4, 0.5) is 8.78 Å². The van der Waals surface area contributed by atoms with Crippen LogP contribution in [0, 0.1) is 11.6 Å². The third kappa shape index (κ3) is 3.79. The number of hydrogen-bond donors (Lipinski definition) is 1. The Kier molecular flexibility index (Phi) is 5.53. The molecule has 1 aromatic carbocycles. The lowest BCUT2D eigenvalue weighted by molar-refractivity contribution is 0.167. The molecule has 0 fully saturated rings. The van der Waals surface area contributed by atoms with Crippen LogP contribution in [0.25, 0.3) is 0 Å². The maximum atomic E-state index is 13.8. The second kappa shape index (κ2) is 7.39. The van der Waals surface area contributed by atoms with Gasteiger partial charge in [0.25, 0.3) is 0 Å². The highest BCUT2D eigenvalue weighted by Gasteiger charge is 2.20. The summed E-state index contributed by atoms with van der Waals surface area (Å²) < 4.78 is 32.7. The maximum Gasteiger partial charge on any atom is 0.162 e. The Morgan fingerprint density at radius 2 is 2.20 bits per heavy atom. The number of ether oxygens (including phenoxy) is 1. The van der Waals surface area contributed by atoms with Crippen molar-refractivity contribution >= 4 is 0 Å². The quantitative estimate of drug-likeness (QED) is 0.860. The van der Waals surface area contributed by atoms with Gasteiger partial charge in [0.2, 0.25) is 0 Å². The smallest absolute Gasteiger partial charge is 0.162 e. The molecule has 2 rings (SSSR count). The standard InChI is InChI=1S/C16H21F2NO/c1-2-9-19-14(15-8-3-4-10-20-15)11-12-6-5-7-13(17)16(12)18/h5-8,14,19H,2-4,9-11H2,1H3. The minimum absolute atomic E-state index is 0.0912. The summed E-state index contributed by atoms with van der Waals surface area (Å²) in [4.78, 5) is 0. The molecule has 0 spiro atoms. The summed E-state index contributed by atoms with van der Waals surface area (Å²) in [6.45, 7) is 3.59. The van der Waals surface area contributed by atoms with Crippen molar-refractivity contribution in [3.05, 3.63) is 47.2 Å². The number of halogens is 2. The van der Waals surface area contributed by atoms with Crippen molar-refractivity contribution in [2.45, 2.75) is 38.6 Å². The first-order valence-corrected chi connectivity index (χ1v) is 7.21. The van der Waals surface area contributed by atoms with Crippen LogP contribution >= 0.6 is 0 Å². The largest absolute Gasteiger partial charge is 0.497 e. The monoisotopic (exact) mass is 281 g/mol. The zero-order chi connectivity index (χ0) is 14.4. The molecule has 0 saturated carbocycles. The van der Waals surface area contributed by atoms with E-state index in [1.54, 1.807) is 12.1 Å². The molecule has 0 aromatic heterocycles. The van der Waals surface area contributed by atoms with Crippen molar-refractivity contribution in [1.29, 1.82) is 0 Å². The zero-order valence-electron chi connectivity index (χ0n) is 11.8. The summed E-state index contributed by atoms with van der Waals surface area (Å²) in [6.07, 6.45) is 5.42. The molecule has 1 N–H and O–H groups in total. The first-order valence-electron chi connectivity index (χ1n) is 7.21. The Morgan fingerprint density at radius 1 is 1.35 bits per heavy atom. The van der Waals surface area contributed by atoms with Gasteiger partial charge in [0.05, 0.1) is 12.6 Å². The summed E-state index contributed by atoms with van der Waals surface area (Å²) in [5.74, 6) is -0.698. The van der Waals surface area contributed by atoms with Crippen molar-refractivity contribution in [3.8, 4) is 0 Å². The van der Waals surface area contributed by atoms with Crippen LogP contribution < -0.4 is 5.32 Å². The molecular formula is C16H21F2NO. The molecule has 2 nitrogen and oxygen atoms in total. The Bertz CT molecular complexity index is 474. The van der Waals surface area contributed by atoms with Gasteiger partial charge in [-0.05, 0) is 49.9 Å². The van der Waals surface area contributed by atoms with Crippen LogP contribution in [0.3, 0.4) is 0 Å². The molecule has 1 aliphatic heterocycles. The highest BCUT2D eigenvalue weighted by molar-refractivity contribution is 5.22. The van der Waals surface area contributed by atoms with Gasteiger partial charge in [-0.1, -0.05) is 19.1 Å². The molecule has 1 atom stereocenters. The van der Waals surface area contributed by atoms with Crippen molar-refractivity contribution in [2.75, 3.05) is 13.2 Å². The van der Waals surface area contributed by atoms with E-state index in [9.17, 15) is 8.78 Å². The molecule has 1 unspecified atom stereocenters. The van der Waals surface area contributed by atoms with E-state index in [4.69, 9.17) is 4.74 Å². The van der Waals surface area contributed by atoms with E-state index >= 15 is 0 Å². The zero-order valence-corrected chi connectivity index (χ0v) is 11.8. The highest BCUT2D eigenvalue weighted by Crippen LogP contribution is 2.20. The molecule has 1 aromatic rings. The summed E-state index contributed by atoms with van der Waals surface area (Å²) >= 11 is 0. The normalized spacial score (nSPS) is 16.4. The Hall–Kier alpha value is -1.42. The van der Waals surface area contributed by atoms with Crippen molar-refractivity contribution < 1.29 is 13.5 Å². The Morgan fingerprint density at radius 3 is 2.90 bits per heavy atom. The minimum Gasteiger partial charge on any atom is -0.497 e. The first kappa shape index (κ1) is 15.0. The third-order valence-corrected chi connectivity index (χ3v) is 3.40. The number of hydrogen-bond acceptors (Lipinski definition) is 2. The maximum absolute atomic E-state index is 13.8. The molecule has 0 saturated heterocycles. The number of nitrogens with one attached hydrogen (secondary N) is 1. The molecule has 1 heterocycles. The van der Waals surface area contributed by atoms with E-state index in [0.717, 1.165) is 37.6 Å². The second-order valence-corrected chi connectivity index (χ2v) is 5.02. The van der Waals surface area contributed by atoms with Gasteiger partial charge >= 0.3 is 0 Å². The van der Waals surface area contributed by atoms with E-state index in [0.29, 0.717) is 18.6 Å². The van der Waals surface area contributed by atoms with Crippen molar-refractivity contribution in [2.24, 2.45) is 0 Å². The number of benzene rings is 1. The molecular weight excluding hydrogens is 260 g/mol. The van der Waals surface area contributed by atoms with Crippen LogP contribution in [0.15, 0.2) is 30.0 Å². The van der Waals surface area contributed by atoms with Gasteiger partial charge < -0.3 is 10.1 Å². The number of allylic oxidation sites excluding steroid dienone is 1. The van der Waals surface area contributed by atoms with E-state index < -0.39 is 11.6 Å². The minimum atomic E-state index is -0.796. The van der Waals surface area contributed by atoms with Crippen LogP contribution in [-0.2, 0) is 11.2 Å². The summed E-state index contributed by atoms with van der Waals surface area (Å²) in [5, 5.41) is 3.35. The summed E-state index contributed by atoms with van der Waals surface area (Å²) in [5.41, 5.74) is 0.383. The molecule has 20 heavy (non-hydrogen) atoms. The number of rotatable bonds is 6. The van der Waals surface area contributed by atoms with E-state index in [2.05, 4.69) is 12.2 Å². The molecule has 110 valence electrons. The second-order valence-electron chi connectivity index (χ2n) is 5.02. The van der Waals surface area contributed by atoms with Crippen molar-refractivity contribution in [3.63, 3.8) is 0 Å².